The van der Waals surface area contributed by atoms with E-state index in [-0.39, 0.29) is 5.91 Å². The molecule has 1 amide bonds. The van der Waals surface area contributed by atoms with Crippen molar-refractivity contribution in [3.63, 3.8) is 0 Å². The van der Waals surface area contributed by atoms with Crippen molar-refractivity contribution in [3.05, 3.63) is 29.6 Å². The summed E-state index contributed by atoms with van der Waals surface area (Å²) in [4.78, 5) is 18.5. The van der Waals surface area contributed by atoms with E-state index in [1.165, 1.54) is 0 Å². The Labute approximate surface area is 109 Å². The second-order valence-corrected chi connectivity index (χ2v) is 4.92. The summed E-state index contributed by atoms with van der Waals surface area (Å²) in [6, 6.07) is 3.64. The molecule has 18 heavy (non-hydrogen) atoms. The van der Waals surface area contributed by atoms with E-state index in [9.17, 15) is 4.79 Å². The number of carbonyl (C=O) groups is 1. The van der Waals surface area contributed by atoms with Crippen molar-refractivity contribution in [1.29, 1.82) is 0 Å². The molecule has 1 heterocycles. The van der Waals surface area contributed by atoms with E-state index >= 15 is 0 Å². The fourth-order valence-corrected chi connectivity index (χ4v) is 1.88. The Morgan fingerprint density at radius 1 is 1.50 bits per heavy atom. The Hall–Kier alpha value is -1.42. The fourth-order valence-electron chi connectivity index (χ4n) is 1.88. The topological polar surface area (TPSA) is 59.2 Å². The lowest BCUT2D eigenvalue weighted by Gasteiger charge is -2.25. The predicted octanol–water partition coefficient (Wildman–Crippen LogP) is 1.84. The molecule has 4 nitrogen and oxygen atoms in total. The lowest BCUT2D eigenvalue weighted by Crippen LogP contribution is -2.36. The maximum absolute atomic E-state index is 12.5. The van der Waals surface area contributed by atoms with Crippen LogP contribution in [0.15, 0.2) is 18.3 Å². The van der Waals surface area contributed by atoms with Crippen LogP contribution >= 0.6 is 0 Å². The second-order valence-electron chi connectivity index (χ2n) is 4.92. The second kappa shape index (κ2) is 7.11. The highest BCUT2D eigenvalue weighted by Crippen LogP contribution is 2.10. The Bertz CT molecular complexity index is 390. The van der Waals surface area contributed by atoms with Gasteiger partial charge in [-0.25, -0.2) is 0 Å². The highest BCUT2D eigenvalue weighted by Gasteiger charge is 2.18. The minimum Gasteiger partial charge on any atom is -0.338 e. The molecule has 100 valence electrons. The monoisotopic (exact) mass is 249 g/mol. The average molecular weight is 249 g/mol. The maximum Gasteiger partial charge on any atom is 0.255 e. The summed E-state index contributed by atoms with van der Waals surface area (Å²) >= 11 is 0. The summed E-state index contributed by atoms with van der Waals surface area (Å²) in [7, 11) is 0. The van der Waals surface area contributed by atoms with E-state index in [0.717, 1.165) is 18.7 Å². The third-order valence-electron chi connectivity index (χ3n) is 2.74. The molecular formula is C14H23N3O. The summed E-state index contributed by atoms with van der Waals surface area (Å²) in [5.74, 6) is 0.506. The minimum absolute atomic E-state index is 0.0581. The number of rotatable bonds is 6. The van der Waals surface area contributed by atoms with Crippen molar-refractivity contribution < 1.29 is 4.79 Å². The highest BCUT2D eigenvalue weighted by atomic mass is 16.2. The molecule has 0 saturated heterocycles. The number of amides is 1. The van der Waals surface area contributed by atoms with Crippen LogP contribution in [0.1, 0.15) is 36.3 Å². The molecule has 1 rings (SSSR count). The quantitative estimate of drug-likeness (QED) is 0.837. The summed E-state index contributed by atoms with van der Waals surface area (Å²) in [6.07, 6.45) is 2.54. The lowest BCUT2D eigenvalue weighted by molar-refractivity contribution is 0.0734. The van der Waals surface area contributed by atoms with Crippen LogP contribution in [0.5, 0.6) is 0 Å². The maximum atomic E-state index is 12.5. The fraction of sp³-hybridized carbons (Fsp3) is 0.571. The molecule has 0 bridgehead atoms. The van der Waals surface area contributed by atoms with Crippen molar-refractivity contribution in [2.45, 2.75) is 27.2 Å². The predicted molar refractivity (Wildman–Crippen MR) is 73.4 cm³/mol. The van der Waals surface area contributed by atoms with Crippen molar-refractivity contribution in [1.82, 2.24) is 9.88 Å². The van der Waals surface area contributed by atoms with Crippen LogP contribution in [-0.4, -0.2) is 35.4 Å². The van der Waals surface area contributed by atoms with Crippen molar-refractivity contribution in [3.8, 4) is 0 Å². The molecule has 0 aliphatic heterocycles. The molecule has 4 heteroatoms. The van der Waals surface area contributed by atoms with E-state index in [1.54, 1.807) is 12.3 Å². The Morgan fingerprint density at radius 2 is 2.22 bits per heavy atom. The van der Waals surface area contributed by atoms with Gasteiger partial charge in [0.15, 0.2) is 0 Å². The van der Waals surface area contributed by atoms with Gasteiger partial charge < -0.3 is 10.6 Å². The van der Waals surface area contributed by atoms with Crippen LogP contribution < -0.4 is 5.73 Å². The SMILES string of the molecule is Cc1ncccc1C(=O)N(CCCN)CC(C)C. The number of carbonyl (C=O) groups excluding carboxylic acids is 1. The lowest BCUT2D eigenvalue weighted by atomic mass is 10.1. The number of hydrogen-bond donors (Lipinski definition) is 1. The van der Waals surface area contributed by atoms with Crippen molar-refractivity contribution in [2.75, 3.05) is 19.6 Å². The Morgan fingerprint density at radius 3 is 2.78 bits per heavy atom. The average Bonchev–Trinajstić information content (AvgIpc) is 2.34. The number of pyridine rings is 1. The van der Waals surface area contributed by atoms with Crippen LogP contribution in [0.3, 0.4) is 0 Å². The van der Waals surface area contributed by atoms with Gasteiger partial charge in [0.25, 0.3) is 5.91 Å². The van der Waals surface area contributed by atoms with Crippen LogP contribution in [0.2, 0.25) is 0 Å². The minimum atomic E-state index is 0.0581. The molecule has 1 aromatic rings. The zero-order chi connectivity index (χ0) is 13.5. The number of nitrogens with two attached hydrogens (primary N) is 1. The molecule has 0 atom stereocenters. The third-order valence-corrected chi connectivity index (χ3v) is 2.74. The zero-order valence-electron chi connectivity index (χ0n) is 11.5. The first-order valence-corrected chi connectivity index (χ1v) is 6.47. The first-order valence-electron chi connectivity index (χ1n) is 6.47. The van der Waals surface area contributed by atoms with E-state index in [0.29, 0.717) is 24.6 Å². The summed E-state index contributed by atoms with van der Waals surface area (Å²) in [6.45, 7) is 8.16. The molecule has 2 N–H and O–H groups in total. The number of aromatic nitrogens is 1. The number of aryl methyl sites for hydroxylation is 1. The summed E-state index contributed by atoms with van der Waals surface area (Å²) < 4.78 is 0. The Kier molecular flexibility index (Phi) is 5.78. The van der Waals surface area contributed by atoms with Crippen LogP contribution in [-0.2, 0) is 0 Å². The summed E-state index contributed by atoms with van der Waals surface area (Å²) in [5, 5.41) is 0. The number of nitrogens with zero attached hydrogens (tertiary/aromatic N) is 2. The molecule has 0 unspecified atom stereocenters. The smallest absolute Gasteiger partial charge is 0.255 e. The molecule has 0 radical (unpaired) electrons. The third kappa shape index (κ3) is 4.11. The summed E-state index contributed by atoms with van der Waals surface area (Å²) in [5.41, 5.74) is 7.00. The van der Waals surface area contributed by atoms with Gasteiger partial charge in [-0.15, -0.1) is 0 Å². The van der Waals surface area contributed by atoms with Gasteiger partial charge in [-0.1, -0.05) is 13.8 Å². The molecule has 0 aliphatic rings. The van der Waals surface area contributed by atoms with Gasteiger partial charge in [0, 0.05) is 25.0 Å². The largest absolute Gasteiger partial charge is 0.338 e. The Balaban J connectivity index is 2.84. The van der Waals surface area contributed by atoms with Gasteiger partial charge >= 0.3 is 0 Å². The molecular weight excluding hydrogens is 226 g/mol. The standard InChI is InChI=1S/C14H23N3O/c1-11(2)10-17(9-5-7-15)14(18)13-6-4-8-16-12(13)3/h4,6,8,11H,5,7,9-10,15H2,1-3H3. The van der Waals surface area contributed by atoms with E-state index in [1.807, 2.05) is 17.9 Å². The van der Waals surface area contributed by atoms with Gasteiger partial charge in [0.2, 0.25) is 0 Å². The normalized spacial score (nSPS) is 10.7. The number of hydrogen-bond acceptors (Lipinski definition) is 3. The van der Waals surface area contributed by atoms with Crippen LogP contribution in [0, 0.1) is 12.8 Å². The van der Waals surface area contributed by atoms with E-state index < -0.39 is 0 Å². The molecule has 0 spiro atoms. The van der Waals surface area contributed by atoms with Crippen molar-refractivity contribution in [2.24, 2.45) is 11.7 Å². The molecule has 0 aliphatic carbocycles. The first-order chi connectivity index (χ1) is 8.56. The van der Waals surface area contributed by atoms with Gasteiger partial charge in [0.1, 0.15) is 0 Å². The van der Waals surface area contributed by atoms with Gasteiger partial charge in [-0.2, -0.15) is 0 Å². The van der Waals surface area contributed by atoms with Crippen LogP contribution in [0.4, 0.5) is 0 Å². The molecule has 0 aromatic carbocycles. The molecule has 0 saturated carbocycles. The zero-order valence-corrected chi connectivity index (χ0v) is 11.5. The van der Waals surface area contributed by atoms with Crippen LogP contribution in [0.25, 0.3) is 0 Å². The van der Waals surface area contributed by atoms with Crippen molar-refractivity contribution >= 4 is 5.91 Å². The van der Waals surface area contributed by atoms with E-state index in [2.05, 4.69) is 18.8 Å². The molecule has 0 fully saturated rings. The van der Waals surface area contributed by atoms with Gasteiger partial charge in [0.05, 0.1) is 5.56 Å². The first kappa shape index (κ1) is 14.6. The highest BCUT2D eigenvalue weighted by molar-refractivity contribution is 5.95. The molecule has 1 aromatic heterocycles. The van der Waals surface area contributed by atoms with Gasteiger partial charge in [-0.3, -0.25) is 9.78 Å². The van der Waals surface area contributed by atoms with Gasteiger partial charge in [-0.05, 0) is 37.9 Å². The van der Waals surface area contributed by atoms with E-state index in [4.69, 9.17) is 5.73 Å².